The minimum Gasteiger partial charge on any atom is -0.492 e. The molecule has 0 saturated carbocycles. The van der Waals surface area contributed by atoms with Crippen LogP contribution in [0.25, 0.3) is 0 Å². The number of nitrogens with zero attached hydrogens (tertiary/aromatic N) is 2. The van der Waals surface area contributed by atoms with E-state index >= 15 is 0 Å². The molecule has 0 heterocycles. The van der Waals surface area contributed by atoms with Gasteiger partial charge in [-0.3, -0.25) is 4.90 Å². The van der Waals surface area contributed by atoms with E-state index in [4.69, 9.17) is 10.00 Å². The van der Waals surface area contributed by atoms with E-state index in [1.54, 1.807) is 12.1 Å². The molecule has 0 aromatic heterocycles. The number of hydrogen-bond acceptors (Lipinski definition) is 3. The average molecular weight is 260 g/mol. The summed E-state index contributed by atoms with van der Waals surface area (Å²) < 4.78 is 5.72. The van der Waals surface area contributed by atoms with E-state index in [0.29, 0.717) is 24.1 Å². The predicted octanol–water partition coefficient (Wildman–Crippen LogP) is 3.30. The van der Waals surface area contributed by atoms with Crippen LogP contribution in [0.1, 0.15) is 33.3 Å². The fourth-order valence-corrected chi connectivity index (χ4v) is 1.97. The highest BCUT2D eigenvalue weighted by atomic mass is 16.5. The third kappa shape index (κ3) is 5.76. The molecule has 104 valence electrons. The monoisotopic (exact) mass is 260 g/mol. The van der Waals surface area contributed by atoms with Gasteiger partial charge < -0.3 is 4.74 Å². The molecule has 0 aliphatic rings. The van der Waals surface area contributed by atoms with Crippen molar-refractivity contribution in [1.82, 2.24) is 4.90 Å². The highest BCUT2D eigenvalue weighted by molar-refractivity contribution is 5.36. The lowest BCUT2D eigenvalue weighted by atomic mass is 10.2. The lowest BCUT2D eigenvalue weighted by Gasteiger charge is -2.28. The van der Waals surface area contributed by atoms with Gasteiger partial charge in [-0.1, -0.05) is 19.9 Å². The van der Waals surface area contributed by atoms with Crippen LogP contribution in [0.15, 0.2) is 24.3 Å². The minimum absolute atomic E-state index is 0.524. The van der Waals surface area contributed by atoms with Crippen LogP contribution >= 0.6 is 0 Å². The van der Waals surface area contributed by atoms with Gasteiger partial charge in [-0.15, -0.1) is 0 Å². The van der Waals surface area contributed by atoms with Crippen molar-refractivity contribution in [2.75, 3.05) is 19.7 Å². The first-order valence-corrected chi connectivity index (χ1v) is 6.90. The van der Waals surface area contributed by atoms with Crippen molar-refractivity contribution in [2.24, 2.45) is 5.92 Å². The average Bonchev–Trinajstić information content (AvgIpc) is 2.37. The summed E-state index contributed by atoms with van der Waals surface area (Å²) in [6.07, 6.45) is 0. The fraction of sp³-hybridized carbons (Fsp3) is 0.562. The van der Waals surface area contributed by atoms with Gasteiger partial charge >= 0.3 is 0 Å². The summed E-state index contributed by atoms with van der Waals surface area (Å²) >= 11 is 0. The van der Waals surface area contributed by atoms with E-state index in [0.717, 1.165) is 18.8 Å². The highest BCUT2D eigenvalue weighted by Crippen LogP contribution is 2.13. The standard InChI is InChI=1S/C16H24N2O/c1-13(2)12-18(14(3)4)8-9-19-16-7-5-6-15(10-16)11-17/h5-7,10,13-14H,8-9,12H2,1-4H3. The SMILES string of the molecule is CC(C)CN(CCOc1cccc(C#N)c1)C(C)C. The first-order valence-electron chi connectivity index (χ1n) is 6.90. The molecule has 1 rings (SSSR count). The zero-order chi connectivity index (χ0) is 14.3. The van der Waals surface area contributed by atoms with Crippen LogP contribution in [0.2, 0.25) is 0 Å². The first kappa shape index (κ1) is 15.5. The van der Waals surface area contributed by atoms with E-state index in [-0.39, 0.29) is 0 Å². The van der Waals surface area contributed by atoms with Crippen LogP contribution in [0.5, 0.6) is 5.75 Å². The Hall–Kier alpha value is -1.53. The van der Waals surface area contributed by atoms with Gasteiger partial charge in [0.25, 0.3) is 0 Å². The number of benzene rings is 1. The van der Waals surface area contributed by atoms with Crippen molar-refractivity contribution >= 4 is 0 Å². The third-order valence-corrected chi connectivity index (χ3v) is 2.94. The second-order valence-electron chi connectivity index (χ2n) is 5.47. The maximum atomic E-state index is 8.83. The van der Waals surface area contributed by atoms with Crippen molar-refractivity contribution in [3.8, 4) is 11.8 Å². The molecule has 3 heteroatoms. The Morgan fingerprint density at radius 2 is 2.00 bits per heavy atom. The minimum atomic E-state index is 0.524. The highest BCUT2D eigenvalue weighted by Gasteiger charge is 2.11. The maximum absolute atomic E-state index is 8.83. The van der Waals surface area contributed by atoms with Gasteiger partial charge in [-0.2, -0.15) is 5.26 Å². The molecule has 1 aromatic rings. The topological polar surface area (TPSA) is 36.3 Å². The number of rotatable bonds is 7. The van der Waals surface area contributed by atoms with Crippen molar-refractivity contribution < 1.29 is 4.74 Å². The Kier molecular flexibility index (Phi) is 6.38. The zero-order valence-electron chi connectivity index (χ0n) is 12.4. The predicted molar refractivity (Wildman–Crippen MR) is 78.2 cm³/mol. The molecule has 0 N–H and O–H groups in total. The lowest BCUT2D eigenvalue weighted by Crippen LogP contribution is -2.37. The summed E-state index contributed by atoms with van der Waals surface area (Å²) in [5.41, 5.74) is 0.639. The van der Waals surface area contributed by atoms with Crippen molar-refractivity contribution in [2.45, 2.75) is 33.7 Å². The number of hydrogen-bond donors (Lipinski definition) is 0. The van der Waals surface area contributed by atoms with Gasteiger partial charge in [0.05, 0.1) is 11.6 Å². The molecule has 0 bridgehead atoms. The zero-order valence-corrected chi connectivity index (χ0v) is 12.4. The summed E-state index contributed by atoms with van der Waals surface area (Å²) in [6, 6.07) is 9.95. The smallest absolute Gasteiger partial charge is 0.120 e. The van der Waals surface area contributed by atoms with Crippen LogP contribution < -0.4 is 4.74 Å². The number of nitriles is 1. The van der Waals surface area contributed by atoms with Gasteiger partial charge in [0.15, 0.2) is 0 Å². The summed E-state index contributed by atoms with van der Waals surface area (Å²) in [4.78, 5) is 2.42. The third-order valence-electron chi connectivity index (χ3n) is 2.94. The van der Waals surface area contributed by atoms with E-state index in [1.807, 2.05) is 12.1 Å². The summed E-state index contributed by atoms with van der Waals surface area (Å²) in [5.74, 6) is 1.43. The number of ether oxygens (including phenoxy) is 1. The van der Waals surface area contributed by atoms with Gasteiger partial charge in [0, 0.05) is 19.1 Å². The quantitative estimate of drug-likeness (QED) is 0.754. The van der Waals surface area contributed by atoms with Gasteiger partial charge in [-0.05, 0) is 38.0 Å². The molecule has 0 fully saturated rings. The molecule has 0 radical (unpaired) electrons. The summed E-state index contributed by atoms with van der Waals surface area (Å²) in [7, 11) is 0. The van der Waals surface area contributed by atoms with E-state index in [1.165, 1.54) is 0 Å². The summed E-state index contributed by atoms with van der Waals surface area (Å²) in [5, 5.41) is 8.83. The normalized spacial score (nSPS) is 11.1. The van der Waals surface area contributed by atoms with Gasteiger partial charge in [0.1, 0.15) is 12.4 Å². The molecular weight excluding hydrogens is 236 g/mol. The molecule has 19 heavy (non-hydrogen) atoms. The molecule has 0 amide bonds. The Labute approximate surface area is 116 Å². The van der Waals surface area contributed by atoms with Crippen LogP contribution in [-0.4, -0.2) is 30.6 Å². The lowest BCUT2D eigenvalue weighted by molar-refractivity contribution is 0.160. The maximum Gasteiger partial charge on any atom is 0.120 e. The first-order chi connectivity index (χ1) is 9.02. The van der Waals surface area contributed by atoms with E-state index in [9.17, 15) is 0 Å². The van der Waals surface area contributed by atoms with Crippen molar-refractivity contribution in [3.05, 3.63) is 29.8 Å². The second kappa shape index (κ2) is 7.81. The van der Waals surface area contributed by atoms with Crippen LogP contribution in [0.3, 0.4) is 0 Å². The second-order valence-corrected chi connectivity index (χ2v) is 5.47. The molecule has 1 aromatic carbocycles. The molecule has 0 unspecified atom stereocenters. The van der Waals surface area contributed by atoms with Crippen molar-refractivity contribution in [3.63, 3.8) is 0 Å². The Balaban J connectivity index is 2.45. The van der Waals surface area contributed by atoms with E-state index < -0.39 is 0 Å². The van der Waals surface area contributed by atoms with E-state index in [2.05, 4.69) is 38.7 Å². The fourth-order valence-electron chi connectivity index (χ4n) is 1.97. The Morgan fingerprint density at radius 3 is 2.58 bits per heavy atom. The largest absolute Gasteiger partial charge is 0.492 e. The Bertz CT molecular complexity index is 421. The van der Waals surface area contributed by atoms with Gasteiger partial charge in [-0.25, -0.2) is 0 Å². The molecule has 3 nitrogen and oxygen atoms in total. The molecule has 0 saturated heterocycles. The molecule has 0 aliphatic heterocycles. The van der Waals surface area contributed by atoms with Crippen LogP contribution in [0.4, 0.5) is 0 Å². The molecule has 0 spiro atoms. The molecule has 0 aliphatic carbocycles. The van der Waals surface area contributed by atoms with Crippen LogP contribution in [-0.2, 0) is 0 Å². The molecule has 0 atom stereocenters. The molecular formula is C16H24N2O. The van der Waals surface area contributed by atoms with Gasteiger partial charge in [0.2, 0.25) is 0 Å². The Morgan fingerprint density at radius 1 is 1.26 bits per heavy atom. The van der Waals surface area contributed by atoms with Crippen LogP contribution in [0, 0.1) is 17.2 Å². The summed E-state index contributed by atoms with van der Waals surface area (Å²) in [6.45, 7) is 11.5. The van der Waals surface area contributed by atoms with Crippen molar-refractivity contribution in [1.29, 1.82) is 5.26 Å².